The Morgan fingerprint density at radius 2 is 1.94 bits per heavy atom. The van der Waals surface area contributed by atoms with Crippen LogP contribution in [-0.2, 0) is 0 Å². The molecule has 0 spiro atoms. The Bertz CT molecular complexity index is 545. The lowest BCUT2D eigenvalue weighted by atomic mass is 9.70. The molecule has 0 aromatic heterocycles. The third-order valence-corrected chi connectivity index (χ3v) is 3.66. The molecule has 0 aromatic rings. The average molecular weight is 245 g/mol. The lowest BCUT2D eigenvalue weighted by Gasteiger charge is -2.27. The Labute approximate surface area is 104 Å². The molecule has 0 aromatic carbocycles. The van der Waals surface area contributed by atoms with Gasteiger partial charge >= 0.3 is 0 Å². The van der Waals surface area contributed by atoms with Gasteiger partial charge in [0.05, 0.1) is 29.7 Å². The normalized spacial score (nSPS) is 29.2. The number of nitro groups is 1. The number of nitrogens with zero attached hydrogens (tertiary/aromatic N) is 4. The second-order valence-electron chi connectivity index (χ2n) is 4.30. The number of nitriles is 3. The van der Waals surface area contributed by atoms with Gasteiger partial charge in [0.2, 0.25) is 0 Å². The molecule has 0 bridgehead atoms. The van der Waals surface area contributed by atoms with Crippen LogP contribution in [0.2, 0.25) is 0 Å². The summed E-state index contributed by atoms with van der Waals surface area (Å²) in [6, 6.07) is 5.17. The Hall–Kier alpha value is -2.59. The molecular formula is C11H11N5O2. The third kappa shape index (κ3) is 1.20. The molecule has 7 heteroatoms. The lowest BCUT2D eigenvalue weighted by Crippen LogP contribution is -2.47. The summed E-state index contributed by atoms with van der Waals surface area (Å²) in [5.74, 6) is -0.940. The topological polar surface area (TPSA) is 141 Å². The van der Waals surface area contributed by atoms with E-state index in [-0.39, 0.29) is 17.7 Å². The summed E-state index contributed by atoms with van der Waals surface area (Å²) >= 11 is 0. The lowest BCUT2D eigenvalue weighted by molar-refractivity contribution is -0.564. The Kier molecular flexibility index (Phi) is 3.00. The zero-order valence-corrected chi connectivity index (χ0v) is 9.97. The molecule has 0 heterocycles. The Morgan fingerprint density at radius 1 is 1.44 bits per heavy atom. The highest BCUT2D eigenvalue weighted by Crippen LogP contribution is 2.53. The minimum atomic E-state index is -1.84. The summed E-state index contributed by atoms with van der Waals surface area (Å²) < 4.78 is 0. The van der Waals surface area contributed by atoms with Gasteiger partial charge in [-0.1, -0.05) is 6.92 Å². The van der Waals surface area contributed by atoms with Gasteiger partial charge in [-0.15, -0.1) is 0 Å². The van der Waals surface area contributed by atoms with Crippen LogP contribution in [0.3, 0.4) is 0 Å². The minimum Gasteiger partial charge on any atom is -0.395 e. The smallest absolute Gasteiger partial charge is 0.264 e. The molecule has 92 valence electrons. The van der Waals surface area contributed by atoms with Gasteiger partial charge in [0.15, 0.2) is 5.41 Å². The first-order valence-corrected chi connectivity index (χ1v) is 5.24. The first-order valence-electron chi connectivity index (χ1n) is 5.24. The van der Waals surface area contributed by atoms with Crippen molar-refractivity contribution in [3.63, 3.8) is 0 Å². The molecule has 2 atom stereocenters. The predicted molar refractivity (Wildman–Crippen MR) is 59.7 cm³/mol. The highest BCUT2D eigenvalue weighted by atomic mass is 16.6. The Balaban J connectivity index is 3.74. The summed E-state index contributed by atoms with van der Waals surface area (Å²) in [6.07, 6.45) is 0.199. The highest BCUT2D eigenvalue weighted by molar-refractivity contribution is 5.53. The average Bonchev–Trinajstić information content (AvgIpc) is 2.55. The zero-order valence-electron chi connectivity index (χ0n) is 9.97. The van der Waals surface area contributed by atoms with Crippen molar-refractivity contribution in [2.75, 3.05) is 0 Å². The van der Waals surface area contributed by atoms with E-state index in [1.165, 1.54) is 6.92 Å². The molecule has 1 rings (SSSR count). The van der Waals surface area contributed by atoms with Gasteiger partial charge in [-0.2, -0.15) is 15.8 Å². The van der Waals surface area contributed by atoms with E-state index < -0.39 is 21.8 Å². The van der Waals surface area contributed by atoms with E-state index >= 15 is 0 Å². The molecular weight excluding hydrogens is 234 g/mol. The van der Waals surface area contributed by atoms with Crippen LogP contribution in [0.15, 0.2) is 11.3 Å². The molecule has 0 saturated carbocycles. The summed E-state index contributed by atoms with van der Waals surface area (Å²) in [6.45, 7) is 2.88. The van der Waals surface area contributed by atoms with E-state index in [9.17, 15) is 20.6 Å². The number of rotatable bonds is 2. The van der Waals surface area contributed by atoms with E-state index in [2.05, 4.69) is 0 Å². The van der Waals surface area contributed by atoms with E-state index in [1.807, 2.05) is 0 Å². The standard InChI is InChI=1S/C11H11N5O2/c1-3-8-10(2,16(17)18)9(15)7(4-12)11(8,5-13)6-14/h8H,3,15H2,1-2H3/t8-,10-/m0/s1. The second kappa shape index (κ2) is 4.01. The summed E-state index contributed by atoms with van der Waals surface area (Å²) in [4.78, 5) is 10.6. The van der Waals surface area contributed by atoms with Crippen molar-refractivity contribution in [1.82, 2.24) is 0 Å². The molecule has 1 aliphatic rings. The molecule has 18 heavy (non-hydrogen) atoms. The molecule has 0 aliphatic heterocycles. The fourth-order valence-electron chi connectivity index (χ4n) is 2.62. The van der Waals surface area contributed by atoms with Crippen LogP contribution in [0.25, 0.3) is 0 Å². The zero-order chi connectivity index (χ0) is 14.1. The third-order valence-electron chi connectivity index (χ3n) is 3.66. The molecule has 7 nitrogen and oxygen atoms in total. The van der Waals surface area contributed by atoms with Crippen molar-refractivity contribution in [1.29, 1.82) is 15.8 Å². The first-order chi connectivity index (χ1) is 8.36. The van der Waals surface area contributed by atoms with Gasteiger partial charge in [-0.25, -0.2) is 0 Å². The van der Waals surface area contributed by atoms with Gasteiger partial charge in [-0.3, -0.25) is 10.1 Å². The number of allylic oxidation sites excluding steroid dienone is 1. The summed E-state index contributed by atoms with van der Waals surface area (Å²) in [5, 5.41) is 38.7. The Morgan fingerprint density at radius 3 is 2.22 bits per heavy atom. The maximum absolute atomic E-state index is 11.2. The maximum Gasteiger partial charge on any atom is 0.264 e. The van der Waals surface area contributed by atoms with Crippen LogP contribution in [0.4, 0.5) is 0 Å². The largest absolute Gasteiger partial charge is 0.395 e. The number of hydrogen-bond donors (Lipinski definition) is 1. The summed E-state index contributed by atoms with van der Waals surface area (Å²) in [5.41, 5.74) is 1.50. The maximum atomic E-state index is 11.2. The van der Waals surface area contributed by atoms with Crippen LogP contribution < -0.4 is 5.73 Å². The van der Waals surface area contributed by atoms with Crippen molar-refractivity contribution in [2.24, 2.45) is 17.1 Å². The molecule has 0 radical (unpaired) electrons. The van der Waals surface area contributed by atoms with Crippen LogP contribution in [0.5, 0.6) is 0 Å². The quantitative estimate of drug-likeness (QED) is 0.564. The molecule has 0 saturated heterocycles. The van der Waals surface area contributed by atoms with Gasteiger partial charge < -0.3 is 5.73 Å². The van der Waals surface area contributed by atoms with Gasteiger partial charge in [-0.05, 0) is 6.42 Å². The first kappa shape index (κ1) is 13.5. The van der Waals surface area contributed by atoms with Gasteiger partial charge in [0, 0.05) is 11.8 Å². The molecule has 0 amide bonds. The van der Waals surface area contributed by atoms with Crippen LogP contribution >= 0.6 is 0 Å². The highest BCUT2D eigenvalue weighted by Gasteiger charge is 2.67. The van der Waals surface area contributed by atoms with Crippen molar-refractivity contribution in [3.8, 4) is 18.2 Å². The summed E-state index contributed by atoms with van der Waals surface area (Å²) in [7, 11) is 0. The van der Waals surface area contributed by atoms with Crippen molar-refractivity contribution < 1.29 is 4.92 Å². The molecule has 0 unspecified atom stereocenters. The van der Waals surface area contributed by atoms with E-state index in [4.69, 9.17) is 11.0 Å². The predicted octanol–water partition coefficient (Wildman–Crippen LogP) is 0.832. The van der Waals surface area contributed by atoms with E-state index in [0.29, 0.717) is 0 Å². The van der Waals surface area contributed by atoms with Gasteiger partial charge in [0.1, 0.15) is 5.70 Å². The van der Waals surface area contributed by atoms with E-state index in [1.54, 1.807) is 25.1 Å². The van der Waals surface area contributed by atoms with Crippen LogP contribution in [0.1, 0.15) is 20.3 Å². The molecule has 1 aliphatic carbocycles. The molecule has 0 fully saturated rings. The monoisotopic (exact) mass is 245 g/mol. The SMILES string of the molecule is CC[C@@H]1C(C#N)(C#N)C(C#N)=C(N)[C@@]1(C)[N+](=O)[O-]. The van der Waals surface area contributed by atoms with Crippen LogP contribution in [-0.4, -0.2) is 10.5 Å². The second-order valence-corrected chi connectivity index (χ2v) is 4.30. The van der Waals surface area contributed by atoms with Crippen LogP contribution in [0, 0.1) is 55.4 Å². The number of hydrogen-bond acceptors (Lipinski definition) is 6. The van der Waals surface area contributed by atoms with Crippen molar-refractivity contribution in [2.45, 2.75) is 25.8 Å². The minimum absolute atomic E-state index is 0.199. The fraction of sp³-hybridized carbons (Fsp3) is 0.545. The van der Waals surface area contributed by atoms with Crippen molar-refractivity contribution in [3.05, 3.63) is 21.4 Å². The van der Waals surface area contributed by atoms with Gasteiger partial charge in [0.25, 0.3) is 5.54 Å². The fourth-order valence-corrected chi connectivity index (χ4v) is 2.62. The van der Waals surface area contributed by atoms with E-state index in [0.717, 1.165) is 0 Å². The van der Waals surface area contributed by atoms with Crippen molar-refractivity contribution >= 4 is 0 Å². The number of nitrogens with two attached hydrogens (primary N) is 1. The molecule has 2 N–H and O–H groups in total.